The minimum Gasteiger partial charge on any atom is -0.544 e. The molecule has 0 aliphatic heterocycles. The summed E-state index contributed by atoms with van der Waals surface area (Å²) >= 11 is 0. The average molecular weight is 239 g/mol. The molecule has 0 spiro atoms. The van der Waals surface area contributed by atoms with Crippen LogP contribution in [0.3, 0.4) is 0 Å². The molecule has 1 unspecified atom stereocenters. The van der Waals surface area contributed by atoms with Crippen molar-refractivity contribution in [1.82, 2.24) is 0 Å². The van der Waals surface area contributed by atoms with Gasteiger partial charge < -0.3 is 14.9 Å². The van der Waals surface area contributed by atoms with Gasteiger partial charge in [-0.15, -0.1) is 0 Å². The number of benzene rings is 1. The quantitative estimate of drug-likeness (QED) is 0.803. The summed E-state index contributed by atoms with van der Waals surface area (Å²) in [7, 11) is 0.155. The first-order valence-electron chi connectivity index (χ1n) is 5.48. The third-order valence-electron chi connectivity index (χ3n) is 2.17. The normalized spacial score (nSPS) is 13.6. The van der Waals surface area contributed by atoms with Crippen LogP contribution in [0.25, 0.3) is 0 Å². The van der Waals surface area contributed by atoms with Crippen LogP contribution < -0.4 is 10.2 Å². The van der Waals surface area contributed by atoms with Crippen molar-refractivity contribution < 1.29 is 9.16 Å². The Kier molecular flexibility index (Phi) is 4.52. The molecule has 1 aromatic carbocycles. The molecule has 0 heterocycles. The van der Waals surface area contributed by atoms with Crippen molar-refractivity contribution in [2.45, 2.75) is 25.7 Å². The molecule has 0 bridgehead atoms. The second-order valence-corrected chi connectivity index (χ2v) is 9.17. The number of nitrogens with two attached hydrogens (primary N) is 1. The standard InChI is InChI=1S/C12H21NO2Si/c1-14-12(9-13)10-5-7-11(8-6-10)15-16(2,3)4/h5-8,12H,9,13H2,1-4H3. The molecule has 1 aromatic rings. The second-order valence-electron chi connectivity index (χ2n) is 4.74. The summed E-state index contributed by atoms with van der Waals surface area (Å²) in [6.45, 7) is 6.99. The molecule has 0 amide bonds. The first kappa shape index (κ1) is 13.2. The van der Waals surface area contributed by atoms with E-state index in [1.807, 2.05) is 24.3 Å². The maximum absolute atomic E-state index is 5.87. The van der Waals surface area contributed by atoms with Gasteiger partial charge in [-0.2, -0.15) is 0 Å². The van der Waals surface area contributed by atoms with Gasteiger partial charge in [0.05, 0.1) is 6.10 Å². The van der Waals surface area contributed by atoms with E-state index in [2.05, 4.69) is 19.6 Å². The Labute approximate surface area is 98.7 Å². The fraction of sp³-hybridized carbons (Fsp3) is 0.500. The van der Waals surface area contributed by atoms with Crippen LogP contribution in [0.5, 0.6) is 5.75 Å². The van der Waals surface area contributed by atoms with E-state index in [1.54, 1.807) is 7.11 Å². The maximum atomic E-state index is 5.87. The molecule has 0 fully saturated rings. The highest BCUT2D eigenvalue weighted by molar-refractivity contribution is 6.70. The van der Waals surface area contributed by atoms with Crippen LogP contribution in [-0.2, 0) is 4.74 Å². The first-order chi connectivity index (χ1) is 7.46. The van der Waals surface area contributed by atoms with E-state index >= 15 is 0 Å². The molecule has 1 atom stereocenters. The van der Waals surface area contributed by atoms with Gasteiger partial charge in [0.15, 0.2) is 0 Å². The molecule has 3 nitrogen and oxygen atoms in total. The Bertz CT molecular complexity index is 315. The Hall–Kier alpha value is -0.843. The Morgan fingerprint density at radius 1 is 1.19 bits per heavy atom. The van der Waals surface area contributed by atoms with E-state index in [0.29, 0.717) is 6.54 Å². The van der Waals surface area contributed by atoms with E-state index in [4.69, 9.17) is 14.9 Å². The van der Waals surface area contributed by atoms with E-state index < -0.39 is 8.32 Å². The first-order valence-corrected chi connectivity index (χ1v) is 8.89. The van der Waals surface area contributed by atoms with E-state index in [-0.39, 0.29) is 6.10 Å². The van der Waals surface area contributed by atoms with E-state index in [0.717, 1.165) is 11.3 Å². The zero-order chi connectivity index (χ0) is 12.2. The van der Waals surface area contributed by atoms with Crippen LogP contribution in [0.4, 0.5) is 0 Å². The summed E-state index contributed by atoms with van der Waals surface area (Å²) in [6.07, 6.45) is -0.0269. The molecule has 0 saturated carbocycles. The van der Waals surface area contributed by atoms with Gasteiger partial charge in [-0.1, -0.05) is 12.1 Å². The fourth-order valence-electron chi connectivity index (χ4n) is 1.47. The highest BCUT2D eigenvalue weighted by Gasteiger charge is 2.16. The lowest BCUT2D eigenvalue weighted by Crippen LogP contribution is -2.29. The molecular formula is C12H21NO2Si. The number of rotatable bonds is 5. The third-order valence-corrected chi connectivity index (χ3v) is 3.02. The molecular weight excluding hydrogens is 218 g/mol. The van der Waals surface area contributed by atoms with Crippen LogP contribution in [0.2, 0.25) is 19.6 Å². The summed E-state index contributed by atoms with van der Waals surface area (Å²) in [6, 6.07) is 7.98. The smallest absolute Gasteiger partial charge is 0.242 e. The molecule has 1 rings (SSSR count). The van der Waals surface area contributed by atoms with Crippen molar-refractivity contribution in [2.75, 3.05) is 13.7 Å². The molecule has 0 radical (unpaired) electrons. The third kappa shape index (κ3) is 3.96. The van der Waals surface area contributed by atoms with Crippen molar-refractivity contribution in [1.29, 1.82) is 0 Å². The number of hydrogen-bond acceptors (Lipinski definition) is 3. The Balaban J connectivity index is 2.75. The maximum Gasteiger partial charge on any atom is 0.242 e. The Morgan fingerprint density at radius 3 is 2.12 bits per heavy atom. The molecule has 2 N–H and O–H groups in total. The van der Waals surface area contributed by atoms with E-state index in [9.17, 15) is 0 Å². The average Bonchev–Trinajstić information content (AvgIpc) is 2.20. The SMILES string of the molecule is COC(CN)c1ccc(O[Si](C)(C)C)cc1. The number of methoxy groups -OCH3 is 1. The summed E-state index contributed by atoms with van der Waals surface area (Å²) in [4.78, 5) is 0. The van der Waals surface area contributed by atoms with Crippen molar-refractivity contribution in [3.63, 3.8) is 0 Å². The summed E-state index contributed by atoms with van der Waals surface area (Å²) < 4.78 is 11.1. The predicted octanol–water partition coefficient (Wildman–Crippen LogP) is 2.55. The summed E-state index contributed by atoms with van der Waals surface area (Å²) in [5, 5.41) is 0. The van der Waals surface area contributed by atoms with Gasteiger partial charge in [0.2, 0.25) is 8.32 Å². The van der Waals surface area contributed by atoms with Gasteiger partial charge in [0, 0.05) is 13.7 Å². The molecule has 90 valence electrons. The van der Waals surface area contributed by atoms with Crippen molar-refractivity contribution in [3.8, 4) is 5.75 Å². The molecule has 0 aromatic heterocycles. The topological polar surface area (TPSA) is 44.5 Å². The minimum absolute atomic E-state index is 0.0269. The fourth-order valence-corrected chi connectivity index (χ4v) is 2.32. The van der Waals surface area contributed by atoms with Gasteiger partial charge in [-0.05, 0) is 37.3 Å². The Morgan fingerprint density at radius 2 is 1.75 bits per heavy atom. The van der Waals surface area contributed by atoms with Crippen molar-refractivity contribution >= 4 is 8.32 Å². The van der Waals surface area contributed by atoms with E-state index in [1.165, 1.54) is 0 Å². The summed E-state index contributed by atoms with van der Waals surface area (Å²) in [5.41, 5.74) is 6.70. The van der Waals surface area contributed by atoms with Gasteiger partial charge in [0.1, 0.15) is 5.75 Å². The van der Waals surface area contributed by atoms with Crippen LogP contribution in [0.15, 0.2) is 24.3 Å². The lowest BCUT2D eigenvalue weighted by atomic mass is 10.1. The highest BCUT2D eigenvalue weighted by atomic mass is 28.4. The van der Waals surface area contributed by atoms with Crippen LogP contribution in [-0.4, -0.2) is 22.0 Å². The zero-order valence-corrected chi connectivity index (χ0v) is 11.5. The number of hydrogen-bond donors (Lipinski definition) is 1. The molecule has 0 saturated heterocycles. The predicted molar refractivity (Wildman–Crippen MR) is 69.2 cm³/mol. The van der Waals surface area contributed by atoms with Crippen molar-refractivity contribution in [3.05, 3.63) is 29.8 Å². The monoisotopic (exact) mass is 239 g/mol. The van der Waals surface area contributed by atoms with Crippen LogP contribution in [0, 0.1) is 0 Å². The van der Waals surface area contributed by atoms with Gasteiger partial charge in [-0.25, -0.2) is 0 Å². The minimum atomic E-state index is -1.52. The largest absolute Gasteiger partial charge is 0.544 e. The van der Waals surface area contributed by atoms with Crippen molar-refractivity contribution in [2.24, 2.45) is 5.73 Å². The molecule has 4 heteroatoms. The van der Waals surface area contributed by atoms with Gasteiger partial charge >= 0.3 is 0 Å². The van der Waals surface area contributed by atoms with Gasteiger partial charge in [0.25, 0.3) is 0 Å². The zero-order valence-electron chi connectivity index (χ0n) is 10.5. The lowest BCUT2D eigenvalue weighted by molar-refractivity contribution is 0.110. The lowest BCUT2D eigenvalue weighted by Gasteiger charge is -2.20. The number of ether oxygens (including phenoxy) is 1. The highest BCUT2D eigenvalue weighted by Crippen LogP contribution is 2.21. The summed E-state index contributed by atoms with van der Waals surface area (Å²) in [5.74, 6) is 0.926. The van der Waals surface area contributed by atoms with Crippen LogP contribution in [0.1, 0.15) is 11.7 Å². The molecule has 16 heavy (non-hydrogen) atoms. The second kappa shape index (κ2) is 5.47. The molecule has 0 aliphatic carbocycles. The van der Waals surface area contributed by atoms with Gasteiger partial charge in [-0.3, -0.25) is 0 Å². The van der Waals surface area contributed by atoms with Crippen LogP contribution >= 0.6 is 0 Å². The molecule has 0 aliphatic rings.